The number of urea groups is 1. The average Bonchev–Trinajstić information content (AvgIpc) is 3.49. The largest absolute Gasteiger partial charge is 0.362 e. The van der Waals surface area contributed by atoms with Crippen LogP contribution in [0.5, 0.6) is 0 Å². The fourth-order valence-corrected chi connectivity index (χ4v) is 5.56. The second kappa shape index (κ2) is 9.13. The standard InChI is InChI=1S/C23H34Cl2N4O/c1-27(2)22(30)26-18-8-6-17(7-9-18)10-13-28-14-15-29(23(16-28)11-12-23)20-5-3-4-19(24)21(20)25/h3-5,17-18H,6-16H2,1-2H3,(H,26,30)/t17-,18-. The number of nitrogens with one attached hydrogen (secondary N) is 1. The van der Waals surface area contributed by atoms with Crippen molar-refractivity contribution in [1.29, 1.82) is 0 Å². The highest BCUT2D eigenvalue weighted by Gasteiger charge is 2.51. The monoisotopic (exact) mass is 452 g/mol. The summed E-state index contributed by atoms with van der Waals surface area (Å²) in [7, 11) is 3.60. The molecule has 2 aliphatic carbocycles. The zero-order chi connectivity index (χ0) is 21.3. The molecule has 4 rings (SSSR count). The summed E-state index contributed by atoms with van der Waals surface area (Å²) in [4.78, 5) is 18.6. The Labute approximate surface area is 190 Å². The van der Waals surface area contributed by atoms with E-state index in [2.05, 4.69) is 21.2 Å². The van der Waals surface area contributed by atoms with Crippen LogP contribution in [0.1, 0.15) is 44.9 Å². The van der Waals surface area contributed by atoms with Gasteiger partial charge in [0.1, 0.15) is 0 Å². The van der Waals surface area contributed by atoms with E-state index < -0.39 is 0 Å². The highest BCUT2D eigenvalue weighted by atomic mass is 35.5. The summed E-state index contributed by atoms with van der Waals surface area (Å²) in [5.41, 5.74) is 1.35. The summed E-state index contributed by atoms with van der Waals surface area (Å²) >= 11 is 12.8. The van der Waals surface area contributed by atoms with E-state index in [4.69, 9.17) is 23.2 Å². The van der Waals surface area contributed by atoms with Gasteiger partial charge in [0.05, 0.1) is 21.3 Å². The number of carbonyl (C=O) groups excluding carboxylic acids is 1. The number of rotatable bonds is 5. The molecular weight excluding hydrogens is 419 g/mol. The first kappa shape index (κ1) is 22.0. The first-order chi connectivity index (χ1) is 14.4. The number of piperazine rings is 1. The maximum Gasteiger partial charge on any atom is 0.317 e. The van der Waals surface area contributed by atoms with Crippen LogP contribution in [-0.2, 0) is 0 Å². The van der Waals surface area contributed by atoms with Crippen LogP contribution < -0.4 is 10.2 Å². The molecule has 3 aliphatic rings. The number of nitrogens with zero attached hydrogens (tertiary/aromatic N) is 3. The average molecular weight is 453 g/mol. The Morgan fingerprint density at radius 2 is 1.90 bits per heavy atom. The Bertz CT molecular complexity index is 760. The van der Waals surface area contributed by atoms with Crippen LogP contribution in [0.4, 0.5) is 10.5 Å². The van der Waals surface area contributed by atoms with Gasteiger partial charge in [-0.1, -0.05) is 29.3 Å². The number of amides is 2. The van der Waals surface area contributed by atoms with Crippen molar-refractivity contribution < 1.29 is 4.79 Å². The van der Waals surface area contributed by atoms with Crippen molar-refractivity contribution in [2.75, 3.05) is 45.2 Å². The van der Waals surface area contributed by atoms with E-state index in [1.807, 2.05) is 12.1 Å². The predicted molar refractivity (Wildman–Crippen MR) is 125 cm³/mol. The minimum Gasteiger partial charge on any atom is -0.362 e. The first-order valence-corrected chi connectivity index (χ1v) is 12.1. The number of carbonyl (C=O) groups is 1. The van der Waals surface area contributed by atoms with Gasteiger partial charge in [0.15, 0.2) is 0 Å². The number of hydrogen-bond donors (Lipinski definition) is 1. The third-order valence-electron chi connectivity index (χ3n) is 7.21. The van der Waals surface area contributed by atoms with E-state index in [0.717, 1.165) is 44.1 Å². The van der Waals surface area contributed by atoms with E-state index >= 15 is 0 Å². The third-order valence-corrected chi connectivity index (χ3v) is 8.02. The van der Waals surface area contributed by atoms with E-state index in [0.29, 0.717) is 16.1 Å². The lowest BCUT2D eigenvalue weighted by Gasteiger charge is -2.44. The SMILES string of the molecule is CN(C)C(=O)N[C@H]1CC[C@H](CCN2CCN(c3cccc(Cl)c3Cl)C3(CC3)C2)CC1. The number of benzene rings is 1. The molecule has 1 spiro atoms. The predicted octanol–water partition coefficient (Wildman–Crippen LogP) is 4.87. The molecule has 5 nitrogen and oxygen atoms in total. The Hall–Kier alpha value is -1.17. The fourth-order valence-electron chi connectivity index (χ4n) is 5.16. The van der Waals surface area contributed by atoms with Gasteiger partial charge in [0.25, 0.3) is 0 Å². The molecular formula is C23H34Cl2N4O. The fraction of sp³-hybridized carbons (Fsp3) is 0.696. The Morgan fingerprint density at radius 1 is 1.17 bits per heavy atom. The summed E-state index contributed by atoms with van der Waals surface area (Å²) in [6, 6.07) is 6.35. The van der Waals surface area contributed by atoms with Crippen LogP contribution in [0.3, 0.4) is 0 Å². The van der Waals surface area contributed by atoms with Crippen LogP contribution in [0.25, 0.3) is 0 Å². The maximum atomic E-state index is 11.8. The van der Waals surface area contributed by atoms with Gasteiger partial charge in [-0.25, -0.2) is 4.79 Å². The van der Waals surface area contributed by atoms with E-state index in [9.17, 15) is 4.79 Å². The van der Waals surface area contributed by atoms with Crippen molar-refractivity contribution in [3.63, 3.8) is 0 Å². The summed E-state index contributed by atoms with van der Waals surface area (Å²) in [5, 5.41) is 4.48. The summed E-state index contributed by atoms with van der Waals surface area (Å²) < 4.78 is 0. The zero-order valence-corrected chi connectivity index (χ0v) is 19.7. The minimum absolute atomic E-state index is 0.0332. The van der Waals surface area contributed by atoms with Crippen LogP contribution in [-0.4, -0.2) is 67.7 Å². The van der Waals surface area contributed by atoms with Crippen molar-refractivity contribution >= 4 is 34.9 Å². The molecule has 0 unspecified atom stereocenters. The second-order valence-corrected chi connectivity index (χ2v) is 10.4. The molecule has 0 bridgehead atoms. The van der Waals surface area contributed by atoms with Crippen molar-refractivity contribution in [1.82, 2.24) is 15.1 Å². The molecule has 1 N–H and O–H groups in total. The van der Waals surface area contributed by atoms with Crippen LogP contribution in [0.2, 0.25) is 10.0 Å². The van der Waals surface area contributed by atoms with Crippen LogP contribution in [0.15, 0.2) is 18.2 Å². The van der Waals surface area contributed by atoms with Gasteiger partial charge in [-0.2, -0.15) is 0 Å². The van der Waals surface area contributed by atoms with Gasteiger partial charge in [0, 0.05) is 39.8 Å². The zero-order valence-electron chi connectivity index (χ0n) is 18.2. The smallest absolute Gasteiger partial charge is 0.317 e. The lowest BCUT2D eigenvalue weighted by Crippen LogP contribution is -2.55. The van der Waals surface area contributed by atoms with Gasteiger partial charge in [-0.05, 0) is 69.5 Å². The van der Waals surface area contributed by atoms with E-state index in [-0.39, 0.29) is 11.6 Å². The van der Waals surface area contributed by atoms with Gasteiger partial charge < -0.3 is 15.1 Å². The molecule has 2 amide bonds. The molecule has 3 fully saturated rings. The molecule has 1 saturated heterocycles. The molecule has 0 radical (unpaired) electrons. The van der Waals surface area contributed by atoms with Crippen molar-refractivity contribution in [2.45, 2.75) is 56.5 Å². The number of hydrogen-bond acceptors (Lipinski definition) is 3. The van der Waals surface area contributed by atoms with Crippen molar-refractivity contribution in [2.24, 2.45) is 5.92 Å². The minimum atomic E-state index is 0.0332. The van der Waals surface area contributed by atoms with Crippen LogP contribution in [0, 0.1) is 5.92 Å². The lowest BCUT2D eigenvalue weighted by molar-refractivity contribution is 0.180. The highest BCUT2D eigenvalue weighted by molar-refractivity contribution is 6.43. The Kier molecular flexibility index (Phi) is 6.71. The first-order valence-electron chi connectivity index (χ1n) is 11.3. The molecule has 2 saturated carbocycles. The molecule has 7 heteroatoms. The van der Waals surface area contributed by atoms with Gasteiger partial charge in [0.2, 0.25) is 0 Å². The quantitative estimate of drug-likeness (QED) is 0.692. The van der Waals surface area contributed by atoms with Crippen LogP contribution >= 0.6 is 23.2 Å². The third kappa shape index (κ3) is 4.84. The summed E-state index contributed by atoms with van der Waals surface area (Å²) in [6.07, 6.45) is 8.40. The molecule has 1 aliphatic heterocycles. The van der Waals surface area contributed by atoms with Gasteiger partial charge >= 0.3 is 6.03 Å². The Balaban J connectivity index is 1.24. The highest BCUT2D eigenvalue weighted by Crippen LogP contribution is 2.49. The Morgan fingerprint density at radius 3 is 2.57 bits per heavy atom. The topological polar surface area (TPSA) is 38.8 Å². The second-order valence-electron chi connectivity index (χ2n) is 9.58. The molecule has 30 heavy (non-hydrogen) atoms. The normalized spacial score (nSPS) is 25.9. The molecule has 0 atom stereocenters. The summed E-state index contributed by atoms with van der Waals surface area (Å²) in [5.74, 6) is 0.785. The van der Waals surface area contributed by atoms with E-state index in [1.165, 1.54) is 38.6 Å². The summed E-state index contributed by atoms with van der Waals surface area (Å²) in [6.45, 7) is 4.41. The van der Waals surface area contributed by atoms with Crippen molar-refractivity contribution in [3.05, 3.63) is 28.2 Å². The molecule has 166 valence electrons. The maximum absolute atomic E-state index is 11.8. The molecule has 1 aromatic rings. The molecule has 0 aromatic heterocycles. The van der Waals surface area contributed by atoms with Crippen molar-refractivity contribution in [3.8, 4) is 0 Å². The van der Waals surface area contributed by atoms with E-state index in [1.54, 1.807) is 19.0 Å². The number of anilines is 1. The van der Waals surface area contributed by atoms with Gasteiger partial charge in [-0.15, -0.1) is 0 Å². The number of halogens is 2. The van der Waals surface area contributed by atoms with Gasteiger partial charge in [-0.3, -0.25) is 4.90 Å². The molecule has 1 aromatic carbocycles. The molecule has 1 heterocycles. The lowest BCUT2D eigenvalue weighted by atomic mass is 9.84.